The van der Waals surface area contributed by atoms with E-state index in [1.54, 1.807) is 12.1 Å². The monoisotopic (exact) mass is 327 g/mol. The van der Waals surface area contributed by atoms with Gasteiger partial charge in [0.2, 0.25) is 0 Å². The Kier molecular flexibility index (Phi) is 3.73. The second-order valence-corrected chi connectivity index (χ2v) is 6.09. The van der Waals surface area contributed by atoms with Crippen molar-refractivity contribution in [2.45, 2.75) is 32.9 Å². The van der Waals surface area contributed by atoms with Gasteiger partial charge < -0.3 is 9.67 Å². The van der Waals surface area contributed by atoms with E-state index in [9.17, 15) is 9.50 Å². The fraction of sp³-hybridized carbons (Fsp3) is 0.385. The van der Waals surface area contributed by atoms with Gasteiger partial charge in [0, 0.05) is 11.1 Å². The second-order valence-electron chi connectivity index (χ2n) is 5.23. The lowest BCUT2D eigenvalue weighted by Crippen LogP contribution is -2.25. The highest BCUT2D eigenvalue weighted by molar-refractivity contribution is 9.10. The first-order chi connectivity index (χ1) is 8.84. The molecule has 0 saturated heterocycles. The largest absolute Gasteiger partial charge is 0.388 e. The molecule has 2 rings (SSSR count). The second kappa shape index (κ2) is 5.02. The number of hydrogen-bond acceptors (Lipinski definition) is 3. The number of aromatic nitrogens is 3. The van der Waals surface area contributed by atoms with Gasteiger partial charge in [0.1, 0.15) is 12.4 Å². The molecule has 0 fully saturated rings. The van der Waals surface area contributed by atoms with Gasteiger partial charge in [-0.05, 0) is 54.9 Å². The maximum atomic E-state index is 13.3. The summed E-state index contributed by atoms with van der Waals surface area (Å²) in [5.74, 6) is 0.771. The van der Waals surface area contributed by atoms with Crippen molar-refractivity contribution in [3.8, 4) is 11.4 Å². The van der Waals surface area contributed by atoms with E-state index >= 15 is 0 Å². The van der Waals surface area contributed by atoms with Crippen molar-refractivity contribution in [3.63, 3.8) is 0 Å². The molecule has 0 bridgehead atoms. The van der Waals surface area contributed by atoms with Crippen LogP contribution in [0.25, 0.3) is 11.4 Å². The SMILES string of the molecule is CC(C)(C)n1c(CO)nnc1-c1ccc(F)c(Br)c1. The maximum absolute atomic E-state index is 13.3. The van der Waals surface area contributed by atoms with Crippen molar-refractivity contribution in [1.29, 1.82) is 0 Å². The van der Waals surface area contributed by atoms with Crippen LogP contribution < -0.4 is 0 Å². The van der Waals surface area contributed by atoms with E-state index in [0.29, 0.717) is 16.1 Å². The normalized spacial score (nSPS) is 11.9. The fourth-order valence-corrected chi connectivity index (χ4v) is 2.32. The van der Waals surface area contributed by atoms with Gasteiger partial charge in [0.25, 0.3) is 0 Å². The quantitative estimate of drug-likeness (QED) is 0.922. The molecule has 1 aromatic heterocycles. The highest BCUT2D eigenvalue weighted by atomic mass is 79.9. The van der Waals surface area contributed by atoms with Crippen molar-refractivity contribution < 1.29 is 9.50 Å². The van der Waals surface area contributed by atoms with Crippen molar-refractivity contribution in [3.05, 3.63) is 34.3 Å². The number of aliphatic hydroxyl groups is 1. The highest BCUT2D eigenvalue weighted by Gasteiger charge is 2.23. The molecule has 1 aromatic carbocycles. The molecule has 19 heavy (non-hydrogen) atoms. The molecule has 0 unspecified atom stereocenters. The lowest BCUT2D eigenvalue weighted by atomic mass is 10.1. The third kappa shape index (κ3) is 2.69. The molecular weight excluding hydrogens is 313 g/mol. The van der Waals surface area contributed by atoms with E-state index in [-0.39, 0.29) is 18.0 Å². The molecule has 0 saturated carbocycles. The predicted octanol–water partition coefficient (Wildman–Crippen LogP) is 3.09. The van der Waals surface area contributed by atoms with Crippen molar-refractivity contribution in [1.82, 2.24) is 14.8 Å². The minimum atomic E-state index is -0.326. The summed E-state index contributed by atoms with van der Waals surface area (Å²) in [5.41, 5.74) is 0.466. The zero-order valence-electron chi connectivity index (χ0n) is 11.0. The Morgan fingerprint density at radius 3 is 2.53 bits per heavy atom. The first kappa shape index (κ1) is 14.1. The van der Waals surface area contributed by atoms with Crippen molar-refractivity contribution in [2.75, 3.05) is 0 Å². The molecule has 0 aliphatic carbocycles. The zero-order valence-corrected chi connectivity index (χ0v) is 12.6. The number of hydrogen-bond donors (Lipinski definition) is 1. The molecule has 0 atom stereocenters. The average Bonchev–Trinajstić information content (AvgIpc) is 2.76. The van der Waals surface area contributed by atoms with E-state index in [1.807, 2.05) is 25.3 Å². The van der Waals surface area contributed by atoms with E-state index in [2.05, 4.69) is 26.1 Å². The van der Waals surface area contributed by atoms with E-state index in [4.69, 9.17) is 0 Å². The van der Waals surface area contributed by atoms with Crippen LogP contribution in [0, 0.1) is 5.82 Å². The molecule has 4 nitrogen and oxygen atoms in total. The lowest BCUT2D eigenvalue weighted by molar-refractivity contribution is 0.250. The zero-order chi connectivity index (χ0) is 14.2. The van der Waals surface area contributed by atoms with Gasteiger partial charge >= 0.3 is 0 Å². The van der Waals surface area contributed by atoms with Crippen molar-refractivity contribution >= 4 is 15.9 Å². The number of benzene rings is 1. The van der Waals surface area contributed by atoms with Crippen LogP contribution in [0.3, 0.4) is 0 Å². The smallest absolute Gasteiger partial charge is 0.164 e. The van der Waals surface area contributed by atoms with Crippen LogP contribution in [-0.2, 0) is 12.1 Å². The van der Waals surface area contributed by atoms with Crippen LogP contribution in [0.2, 0.25) is 0 Å². The van der Waals surface area contributed by atoms with Gasteiger partial charge in [-0.25, -0.2) is 4.39 Å². The Hall–Kier alpha value is -1.27. The van der Waals surface area contributed by atoms with Crippen LogP contribution in [0.5, 0.6) is 0 Å². The summed E-state index contributed by atoms with van der Waals surface area (Å²) in [4.78, 5) is 0. The summed E-state index contributed by atoms with van der Waals surface area (Å²) in [6.45, 7) is 5.80. The number of nitrogens with zero attached hydrogens (tertiary/aromatic N) is 3. The summed E-state index contributed by atoms with van der Waals surface area (Å²) in [6.07, 6.45) is 0. The molecule has 1 N–H and O–H groups in total. The van der Waals surface area contributed by atoms with Crippen LogP contribution in [0.1, 0.15) is 26.6 Å². The third-order valence-electron chi connectivity index (χ3n) is 2.72. The van der Waals surface area contributed by atoms with Crippen LogP contribution in [0.15, 0.2) is 22.7 Å². The first-order valence-electron chi connectivity index (χ1n) is 5.85. The minimum absolute atomic E-state index is 0.188. The summed E-state index contributed by atoms with van der Waals surface area (Å²) in [5, 5.41) is 17.4. The Bertz CT molecular complexity index is 604. The Labute approximate surface area is 119 Å². The molecule has 2 aromatic rings. The first-order valence-corrected chi connectivity index (χ1v) is 6.65. The van der Waals surface area contributed by atoms with Gasteiger partial charge in [-0.1, -0.05) is 0 Å². The summed E-state index contributed by atoms with van der Waals surface area (Å²) in [6, 6.07) is 4.68. The van der Waals surface area contributed by atoms with Gasteiger partial charge in [0.05, 0.1) is 4.47 Å². The van der Waals surface area contributed by atoms with Crippen LogP contribution in [0.4, 0.5) is 4.39 Å². The van der Waals surface area contributed by atoms with Gasteiger partial charge in [-0.2, -0.15) is 0 Å². The molecule has 6 heteroatoms. The molecule has 102 valence electrons. The van der Waals surface area contributed by atoms with Gasteiger partial charge in [-0.3, -0.25) is 0 Å². The summed E-state index contributed by atoms with van der Waals surface area (Å²) in [7, 11) is 0. The van der Waals surface area contributed by atoms with Crippen LogP contribution >= 0.6 is 15.9 Å². The molecular formula is C13H15BrFN3O. The highest BCUT2D eigenvalue weighted by Crippen LogP contribution is 2.28. The minimum Gasteiger partial charge on any atom is -0.388 e. The van der Waals surface area contributed by atoms with E-state index < -0.39 is 0 Å². The van der Waals surface area contributed by atoms with Crippen molar-refractivity contribution in [2.24, 2.45) is 0 Å². The molecule has 0 aliphatic rings. The fourth-order valence-electron chi connectivity index (χ4n) is 1.95. The van der Waals surface area contributed by atoms with Gasteiger partial charge in [0.15, 0.2) is 11.6 Å². The average molecular weight is 328 g/mol. The molecule has 0 spiro atoms. The molecule has 0 aliphatic heterocycles. The third-order valence-corrected chi connectivity index (χ3v) is 3.33. The topological polar surface area (TPSA) is 50.9 Å². The Morgan fingerprint density at radius 2 is 2.00 bits per heavy atom. The standard InChI is InChI=1S/C13H15BrFN3O/c1-13(2,3)18-11(7-19)16-17-12(18)8-4-5-10(15)9(14)6-8/h4-6,19H,7H2,1-3H3. The van der Waals surface area contributed by atoms with Crippen LogP contribution in [-0.4, -0.2) is 19.9 Å². The predicted molar refractivity (Wildman–Crippen MR) is 74.0 cm³/mol. The van der Waals surface area contributed by atoms with E-state index in [1.165, 1.54) is 6.07 Å². The van der Waals surface area contributed by atoms with E-state index in [0.717, 1.165) is 5.56 Å². The summed E-state index contributed by atoms with van der Waals surface area (Å²) < 4.78 is 15.5. The van der Waals surface area contributed by atoms with Gasteiger partial charge in [-0.15, -0.1) is 10.2 Å². The number of aliphatic hydroxyl groups excluding tert-OH is 1. The Balaban J connectivity index is 2.62. The Morgan fingerprint density at radius 1 is 1.32 bits per heavy atom. The molecule has 1 heterocycles. The maximum Gasteiger partial charge on any atom is 0.164 e. The lowest BCUT2D eigenvalue weighted by Gasteiger charge is -2.24. The summed E-state index contributed by atoms with van der Waals surface area (Å²) >= 11 is 3.16. The molecule has 0 amide bonds. The molecule has 0 radical (unpaired) electrons. The number of halogens is 2. The number of rotatable bonds is 2.